The van der Waals surface area contributed by atoms with E-state index in [2.05, 4.69) is 44.3 Å². The van der Waals surface area contributed by atoms with Crippen LogP contribution in [-0.4, -0.2) is 6.54 Å². The minimum atomic E-state index is 0.637. The van der Waals surface area contributed by atoms with E-state index in [0.29, 0.717) is 12.0 Å². The Morgan fingerprint density at radius 3 is 2.62 bits per heavy atom. The van der Waals surface area contributed by atoms with Crippen LogP contribution in [0.2, 0.25) is 0 Å². The fourth-order valence-corrected chi connectivity index (χ4v) is 1.67. The van der Waals surface area contributed by atoms with E-state index in [0.717, 1.165) is 6.54 Å². The third-order valence-electron chi connectivity index (χ3n) is 2.75. The maximum atomic E-state index is 3.36. The highest BCUT2D eigenvalue weighted by Gasteiger charge is 2.24. The van der Waals surface area contributed by atoms with E-state index in [1.807, 2.05) is 0 Å². The molecule has 1 aromatic rings. The second-order valence-corrected chi connectivity index (χ2v) is 4.23. The maximum Gasteiger partial charge on any atom is 0.0450 e. The lowest BCUT2D eigenvalue weighted by atomic mass is 9.96. The largest absolute Gasteiger partial charge is 0.307 e. The first-order chi connectivity index (χ1) is 6.18. The zero-order valence-corrected chi connectivity index (χ0v) is 8.59. The van der Waals surface area contributed by atoms with Crippen LogP contribution in [0.5, 0.6) is 0 Å². The number of hydrogen-bond acceptors (Lipinski definition) is 1. The van der Waals surface area contributed by atoms with Gasteiger partial charge in [0.15, 0.2) is 0 Å². The van der Waals surface area contributed by atoms with Crippen molar-refractivity contribution in [3.8, 4) is 0 Å². The van der Waals surface area contributed by atoms with E-state index >= 15 is 0 Å². The van der Waals surface area contributed by atoms with E-state index in [1.54, 1.807) is 0 Å². The van der Waals surface area contributed by atoms with Gasteiger partial charge in [-0.25, -0.2) is 0 Å². The third-order valence-corrected chi connectivity index (χ3v) is 2.75. The van der Waals surface area contributed by atoms with Crippen LogP contribution in [0.25, 0.3) is 0 Å². The molecule has 1 saturated heterocycles. The van der Waals surface area contributed by atoms with Crippen LogP contribution in [-0.2, 0) is 0 Å². The number of nitrogens with one attached hydrogen (secondary N) is 1. The molecule has 0 amide bonds. The van der Waals surface area contributed by atoms with Gasteiger partial charge < -0.3 is 5.32 Å². The Balaban J connectivity index is 2.36. The molecule has 13 heavy (non-hydrogen) atoms. The van der Waals surface area contributed by atoms with Gasteiger partial charge in [0, 0.05) is 12.6 Å². The second-order valence-electron chi connectivity index (χ2n) is 4.23. The standard InChI is InChI=1S/C12H17N/c1-8(2)10-5-4-9(3)11(6-10)12-7-13-12/h4-6,8,12-13H,7H2,1-3H3. The fourth-order valence-electron chi connectivity index (χ4n) is 1.67. The van der Waals surface area contributed by atoms with E-state index < -0.39 is 0 Å². The van der Waals surface area contributed by atoms with Gasteiger partial charge in [0.05, 0.1) is 0 Å². The average molecular weight is 175 g/mol. The highest BCUT2D eigenvalue weighted by molar-refractivity contribution is 5.37. The van der Waals surface area contributed by atoms with Crippen LogP contribution in [0.4, 0.5) is 0 Å². The summed E-state index contributed by atoms with van der Waals surface area (Å²) in [7, 11) is 0. The Hall–Kier alpha value is -0.820. The molecule has 2 rings (SSSR count). The molecular formula is C12H17N. The monoisotopic (exact) mass is 175 g/mol. The lowest BCUT2D eigenvalue weighted by Crippen LogP contribution is -1.94. The van der Waals surface area contributed by atoms with Crippen molar-refractivity contribution in [3.63, 3.8) is 0 Å². The fraction of sp³-hybridized carbons (Fsp3) is 0.500. The molecule has 70 valence electrons. The van der Waals surface area contributed by atoms with Gasteiger partial charge in [-0.2, -0.15) is 0 Å². The molecule has 0 radical (unpaired) electrons. The normalized spacial score (nSPS) is 20.8. The van der Waals surface area contributed by atoms with Crippen molar-refractivity contribution in [2.45, 2.75) is 32.7 Å². The second kappa shape index (κ2) is 3.15. The Morgan fingerprint density at radius 1 is 1.38 bits per heavy atom. The van der Waals surface area contributed by atoms with Gasteiger partial charge in [0.25, 0.3) is 0 Å². The van der Waals surface area contributed by atoms with Crippen LogP contribution >= 0.6 is 0 Å². The third kappa shape index (κ3) is 1.75. The first-order valence-corrected chi connectivity index (χ1v) is 5.02. The number of rotatable bonds is 2. The van der Waals surface area contributed by atoms with Crippen LogP contribution in [0, 0.1) is 6.92 Å². The summed E-state index contributed by atoms with van der Waals surface area (Å²) in [6, 6.07) is 7.47. The summed E-state index contributed by atoms with van der Waals surface area (Å²) in [5, 5.41) is 3.36. The smallest absolute Gasteiger partial charge is 0.0450 e. The van der Waals surface area contributed by atoms with Gasteiger partial charge >= 0.3 is 0 Å². The molecule has 1 nitrogen and oxygen atoms in total. The van der Waals surface area contributed by atoms with Crippen LogP contribution < -0.4 is 5.32 Å². The highest BCUT2D eigenvalue weighted by atomic mass is 15.1. The molecule has 1 fully saturated rings. The summed E-state index contributed by atoms with van der Waals surface area (Å²) in [4.78, 5) is 0. The van der Waals surface area contributed by atoms with Crippen molar-refractivity contribution < 1.29 is 0 Å². The van der Waals surface area contributed by atoms with Gasteiger partial charge in [-0.3, -0.25) is 0 Å². The molecule has 1 aliphatic rings. The van der Waals surface area contributed by atoms with Crippen molar-refractivity contribution in [2.75, 3.05) is 6.54 Å². The first-order valence-electron chi connectivity index (χ1n) is 5.02. The van der Waals surface area contributed by atoms with Crippen LogP contribution in [0.15, 0.2) is 18.2 Å². The molecule has 0 bridgehead atoms. The minimum Gasteiger partial charge on any atom is -0.307 e. The summed E-state index contributed by atoms with van der Waals surface area (Å²) in [6.45, 7) is 7.84. The number of benzene rings is 1. The molecule has 1 heterocycles. The zero-order chi connectivity index (χ0) is 9.42. The van der Waals surface area contributed by atoms with Gasteiger partial charge in [0.1, 0.15) is 0 Å². The van der Waals surface area contributed by atoms with Gasteiger partial charge in [-0.15, -0.1) is 0 Å². The van der Waals surface area contributed by atoms with Crippen molar-refractivity contribution in [2.24, 2.45) is 0 Å². The SMILES string of the molecule is Cc1ccc(C(C)C)cc1C1CN1. The minimum absolute atomic E-state index is 0.637. The topological polar surface area (TPSA) is 21.9 Å². The highest BCUT2D eigenvalue weighted by Crippen LogP contribution is 2.27. The van der Waals surface area contributed by atoms with Crippen LogP contribution in [0.1, 0.15) is 42.5 Å². The summed E-state index contributed by atoms with van der Waals surface area (Å²) in [6.07, 6.45) is 0. The number of aryl methyl sites for hydroxylation is 1. The summed E-state index contributed by atoms with van der Waals surface area (Å²) in [5.74, 6) is 0.637. The molecule has 0 aliphatic carbocycles. The van der Waals surface area contributed by atoms with E-state index in [4.69, 9.17) is 0 Å². The first kappa shape index (κ1) is 8.76. The summed E-state index contributed by atoms with van der Waals surface area (Å²) in [5.41, 5.74) is 4.36. The van der Waals surface area contributed by atoms with E-state index in [9.17, 15) is 0 Å². The molecule has 1 aliphatic heterocycles. The molecule has 1 unspecified atom stereocenters. The Bertz CT molecular complexity index is 311. The van der Waals surface area contributed by atoms with Crippen molar-refractivity contribution >= 4 is 0 Å². The van der Waals surface area contributed by atoms with Gasteiger partial charge in [0.2, 0.25) is 0 Å². The van der Waals surface area contributed by atoms with Gasteiger partial charge in [-0.05, 0) is 29.5 Å². The van der Waals surface area contributed by atoms with Gasteiger partial charge in [-0.1, -0.05) is 32.0 Å². The zero-order valence-electron chi connectivity index (χ0n) is 8.59. The van der Waals surface area contributed by atoms with E-state index in [1.165, 1.54) is 16.7 Å². The van der Waals surface area contributed by atoms with Crippen LogP contribution in [0.3, 0.4) is 0 Å². The lowest BCUT2D eigenvalue weighted by Gasteiger charge is -2.09. The predicted molar refractivity (Wildman–Crippen MR) is 56.0 cm³/mol. The molecule has 1 aromatic carbocycles. The average Bonchev–Trinajstić information content (AvgIpc) is 2.87. The van der Waals surface area contributed by atoms with Crippen molar-refractivity contribution in [3.05, 3.63) is 34.9 Å². The van der Waals surface area contributed by atoms with Crippen molar-refractivity contribution in [1.82, 2.24) is 5.32 Å². The molecule has 0 aromatic heterocycles. The summed E-state index contributed by atoms with van der Waals surface area (Å²) < 4.78 is 0. The predicted octanol–water partition coefficient (Wildman–Crippen LogP) is 2.76. The molecule has 1 N–H and O–H groups in total. The molecule has 0 saturated carbocycles. The Morgan fingerprint density at radius 2 is 2.08 bits per heavy atom. The molecule has 1 heteroatoms. The Labute approximate surface area is 80.2 Å². The molecule has 1 atom stereocenters. The number of hydrogen-bond donors (Lipinski definition) is 1. The molecule has 0 spiro atoms. The van der Waals surface area contributed by atoms with Crippen molar-refractivity contribution in [1.29, 1.82) is 0 Å². The Kier molecular flexibility index (Phi) is 2.12. The maximum absolute atomic E-state index is 3.36. The summed E-state index contributed by atoms with van der Waals surface area (Å²) >= 11 is 0. The lowest BCUT2D eigenvalue weighted by molar-refractivity contribution is 0.859. The van der Waals surface area contributed by atoms with E-state index in [-0.39, 0.29) is 0 Å². The quantitative estimate of drug-likeness (QED) is 0.686. The molecular weight excluding hydrogens is 158 g/mol.